The monoisotopic (exact) mass is 226 g/mol. The van der Waals surface area contributed by atoms with Crippen LogP contribution in [-0.4, -0.2) is 18.2 Å². The van der Waals surface area contributed by atoms with Crippen LogP contribution in [-0.2, 0) is 4.79 Å². The molecule has 84 valence electrons. The number of hydrogen-bond acceptors (Lipinski definition) is 4. The fraction of sp³-hybridized carbons (Fsp3) is 0.0769. The summed E-state index contributed by atoms with van der Waals surface area (Å²) in [4.78, 5) is 18.1. The van der Waals surface area contributed by atoms with Crippen molar-refractivity contribution in [2.24, 2.45) is 4.99 Å². The normalized spacial score (nSPS) is 9.47. The van der Waals surface area contributed by atoms with Crippen molar-refractivity contribution >= 4 is 11.8 Å². The number of aliphatic imine (C=N–C) groups is 1. The molecule has 0 aliphatic carbocycles. The third-order valence-electron chi connectivity index (χ3n) is 2.25. The number of hydrogen-bond donors (Lipinski definition) is 0. The average molecular weight is 226 g/mol. The number of benzene rings is 1. The van der Waals surface area contributed by atoms with Gasteiger partial charge in [0.25, 0.3) is 0 Å². The van der Waals surface area contributed by atoms with E-state index < -0.39 is 0 Å². The van der Waals surface area contributed by atoms with Crippen LogP contribution in [0.1, 0.15) is 0 Å². The second-order valence-electron chi connectivity index (χ2n) is 3.32. The maximum atomic E-state index is 10.2. The highest BCUT2D eigenvalue weighted by molar-refractivity contribution is 5.65. The molecule has 1 aromatic heterocycles. The SMILES string of the molecule is COc1cccc(-c2cccc(N=C=O)c2)n1. The lowest BCUT2D eigenvalue weighted by Gasteiger charge is -2.03. The molecule has 0 spiro atoms. The first kappa shape index (κ1) is 11.0. The van der Waals surface area contributed by atoms with Gasteiger partial charge in [0.2, 0.25) is 12.0 Å². The van der Waals surface area contributed by atoms with E-state index in [4.69, 9.17) is 4.74 Å². The van der Waals surface area contributed by atoms with Gasteiger partial charge in [-0.2, -0.15) is 4.99 Å². The minimum absolute atomic E-state index is 0.548. The molecule has 0 radical (unpaired) electrons. The predicted octanol–water partition coefficient (Wildman–Crippen LogP) is 2.72. The van der Waals surface area contributed by atoms with Gasteiger partial charge in [0, 0.05) is 11.6 Å². The Balaban J connectivity index is 2.44. The van der Waals surface area contributed by atoms with E-state index in [1.165, 1.54) is 6.08 Å². The molecule has 0 amide bonds. The molecule has 1 aromatic carbocycles. The molecular weight excluding hydrogens is 216 g/mol. The minimum atomic E-state index is 0.548. The lowest BCUT2D eigenvalue weighted by atomic mass is 10.1. The molecule has 2 rings (SSSR count). The Bertz CT molecular complexity index is 575. The van der Waals surface area contributed by atoms with Crippen LogP contribution < -0.4 is 4.74 Å². The number of carbonyl (C=O) groups excluding carboxylic acids is 1. The van der Waals surface area contributed by atoms with Crippen LogP contribution >= 0.6 is 0 Å². The topological polar surface area (TPSA) is 51.5 Å². The Hall–Kier alpha value is -2.45. The minimum Gasteiger partial charge on any atom is -0.481 e. The summed E-state index contributed by atoms with van der Waals surface area (Å²) in [6.45, 7) is 0. The van der Waals surface area contributed by atoms with Gasteiger partial charge >= 0.3 is 0 Å². The van der Waals surface area contributed by atoms with Gasteiger partial charge in [0.15, 0.2) is 0 Å². The maximum absolute atomic E-state index is 10.2. The molecule has 0 fully saturated rings. The standard InChI is InChI=1S/C13H10N2O2/c1-17-13-7-3-6-12(15-13)10-4-2-5-11(8-10)14-9-16/h2-8H,1H3. The molecule has 0 unspecified atom stereocenters. The smallest absolute Gasteiger partial charge is 0.240 e. The van der Waals surface area contributed by atoms with Crippen LogP contribution in [0.2, 0.25) is 0 Å². The van der Waals surface area contributed by atoms with Gasteiger partial charge in [-0.3, -0.25) is 0 Å². The zero-order valence-electron chi connectivity index (χ0n) is 9.25. The van der Waals surface area contributed by atoms with Crippen LogP contribution in [0, 0.1) is 0 Å². The molecule has 0 N–H and O–H groups in total. The molecule has 0 aliphatic heterocycles. The van der Waals surface area contributed by atoms with Crippen LogP contribution in [0.15, 0.2) is 47.5 Å². The highest BCUT2D eigenvalue weighted by Gasteiger charge is 2.01. The van der Waals surface area contributed by atoms with Crippen molar-refractivity contribution in [2.75, 3.05) is 7.11 Å². The predicted molar refractivity (Wildman–Crippen MR) is 64.0 cm³/mol. The van der Waals surface area contributed by atoms with Gasteiger partial charge in [0.1, 0.15) is 0 Å². The summed E-state index contributed by atoms with van der Waals surface area (Å²) in [6.07, 6.45) is 1.52. The molecule has 4 heteroatoms. The summed E-state index contributed by atoms with van der Waals surface area (Å²) in [6, 6.07) is 12.7. The molecule has 0 bridgehead atoms. The Morgan fingerprint density at radius 2 is 2.06 bits per heavy atom. The van der Waals surface area contributed by atoms with Gasteiger partial charge in [0.05, 0.1) is 18.5 Å². The van der Waals surface area contributed by atoms with Crippen molar-refractivity contribution < 1.29 is 9.53 Å². The fourth-order valence-electron chi connectivity index (χ4n) is 1.48. The van der Waals surface area contributed by atoms with Gasteiger partial charge < -0.3 is 4.74 Å². The summed E-state index contributed by atoms with van der Waals surface area (Å²) in [5, 5.41) is 0. The van der Waals surface area contributed by atoms with Crippen molar-refractivity contribution in [3.05, 3.63) is 42.5 Å². The summed E-state index contributed by atoms with van der Waals surface area (Å²) in [5.41, 5.74) is 2.20. The van der Waals surface area contributed by atoms with Crippen LogP contribution in [0.4, 0.5) is 5.69 Å². The van der Waals surface area contributed by atoms with Crippen molar-refractivity contribution in [1.29, 1.82) is 0 Å². The lowest BCUT2D eigenvalue weighted by Crippen LogP contribution is -1.89. The van der Waals surface area contributed by atoms with Crippen LogP contribution in [0.5, 0.6) is 5.88 Å². The lowest BCUT2D eigenvalue weighted by molar-refractivity contribution is 0.398. The number of nitrogens with zero attached hydrogens (tertiary/aromatic N) is 2. The zero-order valence-corrected chi connectivity index (χ0v) is 9.25. The average Bonchev–Trinajstić information content (AvgIpc) is 2.40. The van der Waals surface area contributed by atoms with E-state index >= 15 is 0 Å². The fourth-order valence-corrected chi connectivity index (χ4v) is 1.48. The third kappa shape index (κ3) is 2.56. The maximum Gasteiger partial charge on any atom is 0.240 e. The van der Waals surface area contributed by atoms with Crippen LogP contribution in [0.25, 0.3) is 11.3 Å². The van der Waals surface area contributed by atoms with E-state index in [9.17, 15) is 4.79 Å². The van der Waals surface area contributed by atoms with Gasteiger partial charge in [-0.15, -0.1) is 0 Å². The van der Waals surface area contributed by atoms with Gasteiger partial charge in [-0.1, -0.05) is 18.2 Å². The Morgan fingerprint density at radius 1 is 1.24 bits per heavy atom. The Kier molecular flexibility index (Phi) is 3.28. The first-order valence-electron chi connectivity index (χ1n) is 5.03. The van der Waals surface area contributed by atoms with Crippen LogP contribution in [0.3, 0.4) is 0 Å². The second kappa shape index (κ2) is 5.05. The number of rotatable bonds is 3. The molecule has 0 atom stereocenters. The number of pyridine rings is 1. The molecule has 0 aliphatic rings. The number of aromatic nitrogens is 1. The molecular formula is C13H10N2O2. The molecule has 0 saturated carbocycles. The molecule has 17 heavy (non-hydrogen) atoms. The quantitative estimate of drug-likeness (QED) is 0.597. The summed E-state index contributed by atoms with van der Waals surface area (Å²) in [7, 11) is 1.57. The van der Waals surface area contributed by atoms with E-state index in [0.29, 0.717) is 11.6 Å². The van der Waals surface area contributed by atoms with Crippen molar-refractivity contribution in [1.82, 2.24) is 4.98 Å². The number of ether oxygens (including phenoxy) is 1. The second-order valence-corrected chi connectivity index (χ2v) is 3.32. The molecule has 0 saturated heterocycles. The first-order valence-corrected chi connectivity index (χ1v) is 5.03. The zero-order chi connectivity index (χ0) is 12.1. The largest absolute Gasteiger partial charge is 0.481 e. The first-order chi connectivity index (χ1) is 8.33. The summed E-state index contributed by atoms with van der Waals surface area (Å²) >= 11 is 0. The van der Waals surface area contributed by atoms with Crippen molar-refractivity contribution in [2.45, 2.75) is 0 Å². The molecule has 2 aromatic rings. The van der Waals surface area contributed by atoms with Gasteiger partial charge in [-0.25, -0.2) is 9.78 Å². The molecule has 4 nitrogen and oxygen atoms in total. The highest BCUT2D eigenvalue weighted by atomic mass is 16.5. The Labute approximate surface area is 98.6 Å². The molecule has 1 heterocycles. The number of isocyanates is 1. The van der Waals surface area contributed by atoms with E-state index in [1.807, 2.05) is 24.3 Å². The Morgan fingerprint density at radius 3 is 2.82 bits per heavy atom. The summed E-state index contributed by atoms with van der Waals surface area (Å²) < 4.78 is 5.06. The van der Waals surface area contributed by atoms with Gasteiger partial charge in [-0.05, 0) is 18.2 Å². The number of methoxy groups -OCH3 is 1. The van der Waals surface area contributed by atoms with Crippen molar-refractivity contribution in [3.8, 4) is 17.1 Å². The van der Waals surface area contributed by atoms with E-state index in [0.717, 1.165) is 11.3 Å². The highest BCUT2D eigenvalue weighted by Crippen LogP contribution is 2.23. The van der Waals surface area contributed by atoms with E-state index in [2.05, 4.69) is 9.98 Å². The van der Waals surface area contributed by atoms with Crippen molar-refractivity contribution in [3.63, 3.8) is 0 Å². The third-order valence-corrected chi connectivity index (χ3v) is 2.25. The summed E-state index contributed by atoms with van der Waals surface area (Å²) in [5.74, 6) is 0.548. The van der Waals surface area contributed by atoms with E-state index in [-0.39, 0.29) is 0 Å². The van der Waals surface area contributed by atoms with E-state index in [1.54, 1.807) is 25.3 Å².